The summed E-state index contributed by atoms with van der Waals surface area (Å²) < 4.78 is 0. The summed E-state index contributed by atoms with van der Waals surface area (Å²) in [5, 5.41) is 4.86. The lowest BCUT2D eigenvalue weighted by Crippen LogP contribution is -2.55. The largest absolute Gasteiger partial charge is 0.330 e. The predicted molar refractivity (Wildman–Crippen MR) is 224 cm³/mol. The molecule has 49 heavy (non-hydrogen) atoms. The molecule has 1 amide bonds. The lowest BCUT2D eigenvalue weighted by molar-refractivity contribution is -0.124. The van der Waals surface area contributed by atoms with Crippen molar-refractivity contribution >= 4 is 35.9 Å². The smallest absolute Gasteiger partial charge is 0.270 e. The zero-order chi connectivity index (χ0) is 38.9. The summed E-state index contributed by atoms with van der Waals surface area (Å²) in [6.07, 6.45) is 8.51. The first-order valence-electron chi connectivity index (χ1n) is 18.3. The molecule has 1 atom stereocenters. The first kappa shape index (κ1) is 52.5. The number of hydrogen-bond acceptors (Lipinski definition) is 5. The number of carbonyl (C=O) groups excluding carboxylic acids is 2. The van der Waals surface area contributed by atoms with E-state index in [4.69, 9.17) is 0 Å². The minimum Gasteiger partial charge on any atom is -0.330 e. The number of allylic oxidation sites excluding steroid dienone is 2. The van der Waals surface area contributed by atoms with Gasteiger partial charge in [0.15, 0.2) is 0 Å². The zero-order valence-corrected chi connectivity index (χ0v) is 34.8. The quantitative estimate of drug-likeness (QED) is 0.233. The molecule has 2 N–H and O–H groups in total. The Labute approximate surface area is 308 Å². The SMILES string of the molecule is C=Cc1ccccc1C1NC(=O)C(=C(C)C)N(C(=C)CCC)N1.C=S.CC.CC.CC.CCC.CCc1cc(C)ccc1C.O=C1CCC1. The second kappa shape index (κ2) is 34.5. The molecule has 5 nitrogen and oxygen atoms in total. The van der Waals surface area contributed by atoms with Gasteiger partial charge in [0.05, 0.1) is 0 Å². The third kappa shape index (κ3) is 21.4. The molecule has 4 rings (SSSR count). The van der Waals surface area contributed by atoms with Crippen molar-refractivity contribution < 1.29 is 9.59 Å². The van der Waals surface area contributed by atoms with Crippen LogP contribution in [-0.4, -0.2) is 22.6 Å². The molecular weight excluding hydrogens is 623 g/mol. The molecule has 278 valence electrons. The number of benzene rings is 2. The first-order chi connectivity index (χ1) is 23.5. The van der Waals surface area contributed by atoms with Gasteiger partial charge in [0.1, 0.15) is 17.6 Å². The van der Waals surface area contributed by atoms with Crippen LogP contribution in [0.15, 0.2) is 72.6 Å². The van der Waals surface area contributed by atoms with Crippen molar-refractivity contribution in [3.63, 3.8) is 0 Å². The number of aryl methyl sites for hydroxylation is 3. The maximum atomic E-state index is 12.6. The van der Waals surface area contributed by atoms with E-state index < -0.39 is 0 Å². The maximum absolute atomic E-state index is 12.6. The fraction of sp³-hybridized carbons (Fsp3) is 0.512. The van der Waals surface area contributed by atoms with E-state index in [0.717, 1.165) is 60.9 Å². The number of nitrogens with zero attached hydrogens (tertiary/aromatic N) is 1. The second-order valence-corrected chi connectivity index (χ2v) is 10.8. The Balaban J connectivity index is -0.000000320. The average Bonchev–Trinajstić information content (AvgIpc) is 3.12. The van der Waals surface area contributed by atoms with Gasteiger partial charge in [-0.3, -0.25) is 14.6 Å². The van der Waals surface area contributed by atoms with Crippen molar-refractivity contribution in [2.24, 2.45) is 0 Å². The van der Waals surface area contributed by atoms with Gasteiger partial charge < -0.3 is 5.32 Å². The first-order valence-corrected chi connectivity index (χ1v) is 18.9. The molecule has 0 radical (unpaired) electrons. The highest BCUT2D eigenvalue weighted by atomic mass is 32.1. The molecule has 1 heterocycles. The molecule has 2 aromatic carbocycles. The molecule has 1 aliphatic carbocycles. The van der Waals surface area contributed by atoms with Gasteiger partial charge in [-0.15, -0.1) is 0 Å². The minimum atomic E-state index is -0.312. The van der Waals surface area contributed by atoms with Crippen molar-refractivity contribution in [1.82, 2.24) is 15.8 Å². The van der Waals surface area contributed by atoms with Crippen LogP contribution in [0.2, 0.25) is 0 Å². The van der Waals surface area contributed by atoms with E-state index in [1.807, 2.05) is 84.7 Å². The Morgan fingerprint density at radius 2 is 1.43 bits per heavy atom. The van der Waals surface area contributed by atoms with Crippen molar-refractivity contribution in [3.8, 4) is 0 Å². The van der Waals surface area contributed by atoms with Crippen LogP contribution in [0.1, 0.15) is 156 Å². The molecule has 0 aromatic heterocycles. The van der Waals surface area contributed by atoms with Crippen LogP contribution in [0.25, 0.3) is 6.08 Å². The van der Waals surface area contributed by atoms with Gasteiger partial charge in [-0.05, 0) is 80.7 Å². The summed E-state index contributed by atoms with van der Waals surface area (Å²) in [5.41, 5.74) is 12.1. The normalized spacial score (nSPS) is 13.4. The molecule has 2 fully saturated rings. The second-order valence-electron chi connectivity index (χ2n) is 10.8. The molecule has 1 saturated carbocycles. The van der Waals surface area contributed by atoms with E-state index in [0.29, 0.717) is 11.5 Å². The van der Waals surface area contributed by atoms with Crippen LogP contribution in [-0.2, 0) is 16.0 Å². The number of ketones is 1. The van der Waals surface area contributed by atoms with Gasteiger partial charge in [0.2, 0.25) is 0 Å². The van der Waals surface area contributed by atoms with Crippen molar-refractivity contribution in [1.29, 1.82) is 0 Å². The van der Waals surface area contributed by atoms with Crippen molar-refractivity contribution in [2.75, 3.05) is 0 Å². The monoisotopic (exact) mass is 696 g/mol. The maximum Gasteiger partial charge on any atom is 0.270 e. The summed E-state index contributed by atoms with van der Waals surface area (Å²) in [7, 11) is 0. The summed E-state index contributed by atoms with van der Waals surface area (Å²) in [6, 6.07) is 14.5. The fourth-order valence-corrected chi connectivity index (χ4v) is 4.24. The molecule has 2 aromatic rings. The van der Waals surface area contributed by atoms with Crippen LogP contribution in [0.5, 0.6) is 0 Å². The Hall–Kier alpha value is -3.35. The number of rotatable bonds is 6. The van der Waals surface area contributed by atoms with Gasteiger partial charge >= 0.3 is 0 Å². The number of nitrogens with one attached hydrogen (secondary N) is 2. The van der Waals surface area contributed by atoms with E-state index in [2.05, 4.69) is 102 Å². The molecule has 1 aliphatic heterocycles. The molecule has 0 bridgehead atoms. The molecule has 6 heteroatoms. The van der Waals surface area contributed by atoms with Crippen molar-refractivity contribution in [2.45, 2.75) is 148 Å². The van der Waals surface area contributed by atoms with E-state index in [-0.39, 0.29) is 12.1 Å². The number of hydrogen-bond donors (Lipinski definition) is 2. The average molecular weight is 696 g/mol. The third-order valence-electron chi connectivity index (χ3n) is 6.62. The summed E-state index contributed by atoms with van der Waals surface area (Å²) in [4.78, 5) is 22.5. The van der Waals surface area contributed by atoms with Gasteiger partial charge in [0.25, 0.3) is 5.91 Å². The number of Topliss-reactive ketones (excluding diaryl/α,β-unsaturated/α-hetero) is 1. The summed E-state index contributed by atoms with van der Waals surface area (Å²) in [5.74, 6) is 3.18. The zero-order valence-electron chi connectivity index (χ0n) is 33.9. The summed E-state index contributed by atoms with van der Waals surface area (Å²) >= 11 is 3.83. The molecule has 1 saturated heterocycles. The summed E-state index contributed by atoms with van der Waals surface area (Å²) in [6.45, 7) is 36.7. The Morgan fingerprint density at radius 1 is 0.918 bits per heavy atom. The van der Waals surface area contributed by atoms with Crippen LogP contribution in [0.3, 0.4) is 0 Å². The lowest BCUT2D eigenvalue weighted by Gasteiger charge is -2.39. The molecule has 2 aliphatic rings. The fourth-order valence-electron chi connectivity index (χ4n) is 4.24. The topological polar surface area (TPSA) is 61.4 Å². The van der Waals surface area contributed by atoms with E-state index in [1.165, 1.54) is 23.1 Å². The Bertz CT molecular complexity index is 1210. The van der Waals surface area contributed by atoms with Gasteiger partial charge in [-0.1, -0.05) is 162 Å². The predicted octanol–water partition coefficient (Wildman–Crippen LogP) is 12.6. The molecule has 1 unspecified atom stereocenters. The van der Waals surface area contributed by atoms with Crippen LogP contribution in [0, 0.1) is 13.8 Å². The van der Waals surface area contributed by atoms with Gasteiger partial charge in [0, 0.05) is 18.5 Å². The number of amides is 1. The molecular formula is C43H73N3O2S. The van der Waals surface area contributed by atoms with Crippen LogP contribution in [0.4, 0.5) is 0 Å². The van der Waals surface area contributed by atoms with Crippen LogP contribution < -0.4 is 10.7 Å². The highest BCUT2D eigenvalue weighted by molar-refractivity contribution is 7.77. The number of thiocarbonyl (C=S) groups is 1. The highest BCUT2D eigenvalue weighted by Crippen LogP contribution is 2.27. The minimum absolute atomic E-state index is 0.0927. The van der Waals surface area contributed by atoms with E-state index >= 15 is 0 Å². The van der Waals surface area contributed by atoms with Crippen molar-refractivity contribution in [3.05, 3.63) is 100 Å². The van der Waals surface area contributed by atoms with Gasteiger partial charge in [-0.25, -0.2) is 5.43 Å². The Kier molecular flexibility index (Phi) is 36.9. The number of hydrazine groups is 1. The van der Waals surface area contributed by atoms with Crippen LogP contribution >= 0.6 is 12.2 Å². The standard InChI is InChI=1S/C19H25N3O.C10H14.C4H6O.C3H8.3C2H6.CH2S/c1-6-10-14(5)22-17(13(3)4)19(23)20-18(21-22)16-12-9-8-11-15(16)7-2;1-4-10-7-8(2)5-6-9(10)3;5-4-2-1-3-4;1-3-2;4*1-2/h7-9,11-12,18,21H,2,5-6,10H2,1,3-4H3,(H,20,23);5-7H,4H2,1-3H3;1-3H2;3H2,1-2H3;3*1-2H3;1H2. The Morgan fingerprint density at radius 3 is 1.82 bits per heavy atom. The highest BCUT2D eigenvalue weighted by Gasteiger charge is 2.32. The third-order valence-corrected chi connectivity index (χ3v) is 6.62. The van der Waals surface area contributed by atoms with E-state index in [1.54, 1.807) is 6.08 Å². The number of carbonyl (C=O) groups is 2. The van der Waals surface area contributed by atoms with E-state index in [9.17, 15) is 9.59 Å². The molecule has 0 spiro atoms. The lowest BCUT2D eigenvalue weighted by atomic mass is 9.99. The van der Waals surface area contributed by atoms with Gasteiger partial charge in [-0.2, -0.15) is 0 Å².